The number of carbonyl (C=O) groups is 1. The number of nitrogens with one attached hydrogen (secondary N) is 3. The molecular formula is C21H23N5O. The lowest BCUT2D eigenvalue weighted by atomic mass is 10.1. The van der Waals surface area contributed by atoms with E-state index in [4.69, 9.17) is 0 Å². The molecule has 0 unspecified atom stereocenters. The molecule has 1 amide bonds. The molecule has 3 N–H and O–H groups in total. The van der Waals surface area contributed by atoms with Crippen LogP contribution in [0.1, 0.15) is 27.2 Å². The van der Waals surface area contributed by atoms with Gasteiger partial charge in [-0.1, -0.05) is 30.3 Å². The largest absolute Gasteiger partial charge is 0.365 e. The van der Waals surface area contributed by atoms with Crippen molar-refractivity contribution >= 4 is 11.6 Å². The number of aromatic nitrogens is 2. The van der Waals surface area contributed by atoms with Gasteiger partial charge in [0.25, 0.3) is 5.91 Å². The summed E-state index contributed by atoms with van der Waals surface area (Å²) in [6.07, 6.45) is 4.67. The highest BCUT2D eigenvalue weighted by Crippen LogP contribution is 2.13. The van der Waals surface area contributed by atoms with Crippen molar-refractivity contribution in [3.05, 3.63) is 81.9 Å². The van der Waals surface area contributed by atoms with Crippen LogP contribution in [0.3, 0.4) is 0 Å². The van der Waals surface area contributed by atoms with Crippen molar-refractivity contribution in [2.75, 3.05) is 20.3 Å². The van der Waals surface area contributed by atoms with E-state index in [2.05, 4.69) is 32.4 Å². The van der Waals surface area contributed by atoms with Gasteiger partial charge < -0.3 is 20.2 Å². The van der Waals surface area contributed by atoms with Crippen LogP contribution in [-0.4, -0.2) is 41.0 Å². The fourth-order valence-corrected chi connectivity index (χ4v) is 3.39. The Morgan fingerprint density at radius 2 is 2.00 bits per heavy atom. The maximum atomic E-state index is 12.8. The number of benzene rings is 1. The van der Waals surface area contributed by atoms with Crippen LogP contribution in [0.25, 0.3) is 5.70 Å². The molecule has 2 aromatic heterocycles. The molecule has 0 fully saturated rings. The van der Waals surface area contributed by atoms with Gasteiger partial charge in [-0.3, -0.25) is 4.79 Å². The van der Waals surface area contributed by atoms with E-state index in [0.717, 1.165) is 34.0 Å². The highest BCUT2D eigenvalue weighted by molar-refractivity contribution is 5.93. The lowest BCUT2D eigenvalue weighted by molar-refractivity contribution is 0.0791. The lowest BCUT2D eigenvalue weighted by Gasteiger charge is -2.16. The zero-order chi connectivity index (χ0) is 18.8. The fourth-order valence-electron chi connectivity index (χ4n) is 3.39. The molecule has 27 heavy (non-hydrogen) atoms. The third-order valence-corrected chi connectivity index (χ3v) is 4.93. The van der Waals surface area contributed by atoms with Gasteiger partial charge in [-0.05, 0) is 30.5 Å². The Morgan fingerprint density at radius 1 is 1.19 bits per heavy atom. The third-order valence-electron chi connectivity index (χ3n) is 4.93. The van der Waals surface area contributed by atoms with Gasteiger partial charge in [0.1, 0.15) is 17.9 Å². The second kappa shape index (κ2) is 7.15. The van der Waals surface area contributed by atoms with Crippen LogP contribution in [0, 0.1) is 6.92 Å². The third kappa shape index (κ3) is 3.38. The summed E-state index contributed by atoms with van der Waals surface area (Å²) in [5, 5.41) is 4.40. The second-order valence-corrected chi connectivity index (χ2v) is 6.83. The van der Waals surface area contributed by atoms with E-state index < -0.39 is 0 Å². The maximum Gasteiger partial charge on any atom is 0.270 e. The number of H-pyrrole nitrogens is 2. The SMILES string of the molecule is Cc1c[nH]c2c1=C(c1c[nH]c(C(=O)N(C)CCc3ccccc3)c1)NCN=2. The summed E-state index contributed by atoms with van der Waals surface area (Å²) >= 11 is 0. The van der Waals surface area contributed by atoms with E-state index in [1.54, 1.807) is 4.90 Å². The van der Waals surface area contributed by atoms with Gasteiger partial charge in [0.15, 0.2) is 0 Å². The molecule has 4 rings (SSSR count). The predicted molar refractivity (Wildman–Crippen MR) is 105 cm³/mol. The molecule has 0 bridgehead atoms. The number of hydrogen-bond donors (Lipinski definition) is 3. The van der Waals surface area contributed by atoms with E-state index in [-0.39, 0.29) is 5.91 Å². The van der Waals surface area contributed by atoms with Gasteiger partial charge >= 0.3 is 0 Å². The number of fused-ring (bicyclic) bond motifs is 1. The lowest BCUT2D eigenvalue weighted by Crippen LogP contribution is -2.38. The molecule has 0 saturated heterocycles. The zero-order valence-electron chi connectivity index (χ0n) is 15.5. The first kappa shape index (κ1) is 17.1. The average molecular weight is 361 g/mol. The summed E-state index contributed by atoms with van der Waals surface area (Å²) in [5.74, 6) is -0.00991. The molecule has 3 heterocycles. The molecule has 0 atom stereocenters. The van der Waals surface area contributed by atoms with Gasteiger partial charge in [0.05, 0.1) is 5.70 Å². The number of hydrogen-bond acceptors (Lipinski definition) is 3. The number of aromatic amines is 2. The normalized spacial score (nSPS) is 12.9. The number of carbonyl (C=O) groups excluding carboxylic acids is 1. The van der Waals surface area contributed by atoms with Crippen LogP contribution < -0.4 is 16.0 Å². The zero-order valence-corrected chi connectivity index (χ0v) is 15.5. The molecule has 0 saturated carbocycles. The standard InChI is InChI=1S/C21H23N5O/c1-14-11-23-20-18(14)19(24-13-25-20)16-10-17(22-12-16)21(27)26(2)9-8-15-6-4-3-5-7-15/h3-7,10-12,22,24H,8-9,13H2,1-2H3,(H,23,25). The minimum atomic E-state index is -0.00991. The molecule has 1 aliphatic rings. The van der Waals surface area contributed by atoms with Gasteiger partial charge in [-0.25, -0.2) is 4.99 Å². The molecule has 138 valence electrons. The van der Waals surface area contributed by atoms with Crippen LogP contribution >= 0.6 is 0 Å². The molecule has 6 nitrogen and oxygen atoms in total. The Hall–Kier alpha value is -3.28. The molecule has 1 aliphatic heterocycles. The number of amides is 1. The summed E-state index contributed by atoms with van der Waals surface area (Å²) in [6.45, 7) is 3.24. The minimum Gasteiger partial charge on any atom is -0.365 e. The highest BCUT2D eigenvalue weighted by atomic mass is 16.2. The van der Waals surface area contributed by atoms with Gasteiger partial charge in [0, 0.05) is 36.8 Å². The minimum absolute atomic E-state index is 0.00991. The van der Waals surface area contributed by atoms with E-state index in [0.29, 0.717) is 18.9 Å². The summed E-state index contributed by atoms with van der Waals surface area (Å²) in [7, 11) is 1.84. The Balaban J connectivity index is 1.53. The van der Waals surface area contributed by atoms with Crippen molar-refractivity contribution < 1.29 is 4.79 Å². The van der Waals surface area contributed by atoms with Crippen molar-refractivity contribution in [3.8, 4) is 0 Å². The quantitative estimate of drug-likeness (QED) is 0.641. The van der Waals surface area contributed by atoms with Gasteiger partial charge in [-0.2, -0.15) is 0 Å². The van der Waals surface area contributed by atoms with Crippen LogP contribution in [0.2, 0.25) is 0 Å². The Morgan fingerprint density at radius 3 is 2.81 bits per heavy atom. The van der Waals surface area contributed by atoms with Crippen molar-refractivity contribution in [2.24, 2.45) is 4.99 Å². The van der Waals surface area contributed by atoms with Gasteiger partial charge in [-0.15, -0.1) is 0 Å². The molecule has 0 radical (unpaired) electrons. The number of aryl methyl sites for hydroxylation is 1. The molecule has 0 spiro atoms. The average Bonchev–Trinajstić information content (AvgIpc) is 3.34. The van der Waals surface area contributed by atoms with Crippen LogP contribution in [-0.2, 0) is 6.42 Å². The molecule has 0 aliphatic carbocycles. The van der Waals surface area contributed by atoms with Crippen molar-refractivity contribution in [1.82, 2.24) is 20.2 Å². The molecular weight excluding hydrogens is 338 g/mol. The molecule has 3 aromatic rings. The summed E-state index contributed by atoms with van der Waals surface area (Å²) < 4.78 is 0. The van der Waals surface area contributed by atoms with Crippen molar-refractivity contribution in [2.45, 2.75) is 13.3 Å². The van der Waals surface area contributed by atoms with Crippen molar-refractivity contribution in [1.29, 1.82) is 0 Å². The summed E-state index contributed by atoms with van der Waals surface area (Å²) in [6, 6.07) is 12.1. The topological polar surface area (TPSA) is 76.3 Å². The first-order chi connectivity index (χ1) is 13.1. The Kier molecular flexibility index (Phi) is 4.54. The Bertz CT molecular complexity index is 1080. The first-order valence-electron chi connectivity index (χ1n) is 9.08. The predicted octanol–water partition coefficient (Wildman–Crippen LogP) is 1.30. The smallest absolute Gasteiger partial charge is 0.270 e. The maximum absolute atomic E-state index is 12.8. The highest BCUT2D eigenvalue weighted by Gasteiger charge is 2.17. The van der Waals surface area contributed by atoms with Crippen LogP contribution in [0.5, 0.6) is 0 Å². The fraction of sp³-hybridized carbons (Fsp3) is 0.238. The first-order valence-corrected chi connectivity index (χ1v) is 9.08. The second-order valence-electron chi connectivity index (χ2n) is 6.83. The Labute approximate surface area is 157 Å². The number of nitrogens with zero attached hydrogens (tertiary/aromatic N) is 2. The van der Waals surface area contributed by atoms with Crippen molar-refractivity contribution in [3.63, 3.8) is 0 Å². The van der Waals surface area contributed by atoms with E-state index >= 15 is 0 Å². The van der Waals surface area contributed by atoms with Gasteiger partial charge in [0.2, 0.25) is 0 Å². The molecule has 6 heteroatoms. The monoisotopic (exact) mass is 361 g/mol. The van der Waals surface area contributed by atoms with E-state index in [1.807, 2.05) is 50.6 Å². The molecule has 1 aromatic carbocycles. The summed E-state index contributed by atoms with van der Waals surface area (Å²) in [5.41, 5.74) is 5.80. The van der Waals surface area contributed by atoms with E-state index in [1.165, 1.54) is 5.56 Å². The van der Waals surface area contributed by atoms with Crippen LogP contribution in [0.15, 0.2) is 53.8 Å². The number of likely N-dealkylation sites (N-methyl/N-ethyl adjacent to an activating group) is 1. The van der Waals surface area contributed by atoms with E-state index in [9.17, 15) is 4.79 Å². The van der Waals surface area contributed by atoms with Crippen LogP contribution in [0.4, 0.5) is 0 Å². The summed E-state index contributed by atoms with van der Waals surface area (Å²) in [4.78, 5) is 25.3. The number of rotatable bonds is 5.